The first-order valence-corrected chi connectivity index (χ1v) is 9.17. The highest BCUT2D eigenvalue weighted by atomic mass is 35.5. The molecule has 1 aromatic heterocycles. The Morgan fingerprint density at radius 2 is 1.91 bits per heavy atom. The largest absolute Gasteiger partial charge is 0.345 e. The van der Waals surface area contributed by atoms with Gasteiger partial charge in [0.25, 0.3) is 0 Å². The summed E-state index contributed by atoms with van der Waals surface area (Å²) >= 11 is 5.68. The number of anilines is 1. The Morgan fingerprint density at radius 3 is 2.43 bits per heavy atom. The molecule has 0 aromatic carbocycles. The van der Waals surface area contributed by atoms with Gasteiger partial charge in [-0.05, 0) is 25.0 Å². The molecule has 126 valence electrons. The summed E-state index contributed by atoms with van der Waals surface area (Å²) in [5.41, 5.74) is 0. The van der Waals surface area contributed by atoms with Crippen LogP contribution in [0.15, 0.2) is 18.3 Å². The molecule has 0 spiro atoms. The molecule has 0 aliphatic carbocycles. The molecule has 2 amide bonds. The molecule has 0 bridgehead atoms. The maximum atomic E-state index is 11.9. The van der Waals surface area contributed by atoms with Crippen molar-refractivity contribution in [3.05, 3.63) is 23.4 Å². The van der Waals surface area contributed by atoms with Crippen molar-refractivity contribution in [2.24, 2.45) is 0 Å². The number of amides is 2. The van der Waals surface area contributed by atoms with Crippen molar-refractivity contribution in [2.75, 3.05) is 24.7 Å². The van der Waals surface area contributed by atoms with Crippen molar-refractivity contribution in [1.29, 1.82) is 0 Å². The monoisotopic (exact) mass is 360 g/mol. The van der Waals surface area contributed by atoms with E-state index in [4.69, 9.17) is 11.6 Å². The second-order valence-corrected chi connectivity index (χ2v) is 7.64. The van der Waals surface area contributed by atoms with Gasteiger partial charge < -0.3 is 10.6 Å². The van der Waals surface area contributed by atoms with E-state index in [0.717, 1.165) is 6.26 Å². The molecule has 1 aromatic rings. The van der Waals surface area contributed by atoms with Crippen molar-refractivity contribution < 1.29 is 18.0 Å². The fraction of sp³-hybridized carbons (Fsp3) is 0.462. The first kappa shape index (κ1) is 17.6. The highest BCUT2D eigenvalue weighted by Crippen LogP contribution is 2.13. The molecule has 1 aliphatic heterocycles. The van der Waals surface area contributed by atoms with Gasteiger partial charge in [-0.2, -0.15) is 0 Å². The predicted octanol–water partition coefficient (Wildman–Crippen LogP) is 0.214. The first-order valence-electron chi connectivity index (χ1n) is 6.94. The lowest BCUT2D eigenvalue weighted by Crippen LogP contribution is -2.48. The number of aromatic nitrogens is 1. The van der Waals surface area contributed by atoms with Crippen LogP contribution in [0.5, 0.6) is 0 Å². The lowest BCUT2D eigenvalue weighted by Gasteiger charge is -2.30. The van der Waals surface area contributed by atoms with Crippen LogP contribution in [0.3, 0.4) is 0 Å². The van der Waals surface area contributed by atoms with Gasteiger partial charge in [0.1, 0.15) is 5.82 Å². The number of rotatable bonds is 3. The van der Waals surface area contributed by atoms with E-state index in [-0.39, 0.29) is 11.9 Å². The fourth-order valence-electron chi connectivity index (χ4n) is 2.21. The number of hydrogen-bond donors (Lipinski definition) is 2. The van der Waals surface area contributed by atoms with Crippen molar-refractivity contribution in [1.82, 2.24) is 14.6 Å². The van der Waals surface area contributed by atoms with E-state index in [1.54, 1.807) is 6.07 Å². The molecule has 23 heavy (non-hydrogen) atoms. The zero-order chi connectivity index (χ0) is 17.0. The molecular weight excluding hydrogens is 344 g/mol. The van der Waals surface area contributed by atoms with Gasteiger partial charge in [0.05, 0.1) is 11.3 Å². The average molecular weight is 361 g/mol. The van der Waals surface area contributed by atoms with Crippen LogP contribution in [0.2, 0.25) is 5.02 Å². The zero-order valence-electron chi connectivity index (χ0n) is 12.5. The molecule has 8 nitrogen and oxygen atoms in total. The van der Waals surface area contributed by atoms with E-state index in [1.165, 1.54) is 16.6 Å². The predicted molar refractivity (Wildman–Crippen MR) is 85.5 cm³/mol. The van der Waals surface area contributed by atoms with Gasteiger partial charge in [-0.15, -0.1) is 0 Å². The van der Waals surface area contributed by atoms with Gasteiger partial charge in [-0.25, -0.2) is 17.7 Å². The van der Waals surface area contributed by atoms with Crippen LogP contribution in [0.1, 0.15) is 12.8 Å². The van der Waals surface area contributed by atoms with Crippen LogP contribution in [0.25, 0.3) is 0 Å². The third kappa shape index (κ3) is 5.15. The van der Waals surface area contributed by atoms with Crippen LogP contribution in [0, 0.1) is 0 Å². The first-order chi connectivity index (χ1) is 10.8. The molecule has 2 N–H and O–H groups in total. The van der Waals surface area contributed by atoms with E-state index < -0.39 is 21.8 Å². The molecule has 0 atom stereocenters. The lowest BCUT2D eigenvalue weighted by molar-refractivity contribution is -0.136. The highest BCUT2D eigenvalue weighted by molar-refractivity contribution is 7.88. The summed E-state index contributed by atoms with van der Waals surface area (Å²) in [6.45, 7) is 0.647. The van der Waals surface area contributed by atoms with Crippen molar-refractivity contribution in [3.63, 3.8) is 0 Å². The second kappa shape index (κ2) is 7.24. The summed E-state index contributed by atoms with van der Waals surface area (Å²) in [6.07, 6.45) is 3.44. The molecule has 1 aliphatic rings. The number of nitrogens with zero attached hydrogens (tertiary/aromatic N) is 2. The van der Waals surface area contributed by atoms with Gasteiger partial charge in [0.2, 0.25) is 10.0 Å². The van der Waals surface area contributed by atoms with Crippen LogP contribution >= 0.6 is 11.6 Å². The molecule has 10 heteroatoms. The van der Waals surface area contributed by atoms with Crippen LogP contribution in [0.4, 0.5) is 5.82 Å². The van der Waals surface area contributed by atoms with E-state index >= 15 is 0 Å². The van der Waals surface area contributed by atoms with E-state index in [2.05, 4.69) is 15.6 Å². The van der Waals surface area contributed by atoms with E-state index in [1.807, 2.05) is 0 Å². The maximum Gasteiger partial charge on any atom is 0.314 e. The smallest absolute Gasteiger partial charge is 0.314 e. The van der Waals surface area contributed by atoms with Gasteiger partial charge in [-0.3, -0.25) is 9.59 Å². The standard InChI is InChI=1S/C13H17ClN4O4S/c1-23(21,22)18-6-4-10(5-7-18)16-12(19)13(20)17-11-3-2-9(14)8-15-11/h2-3,8,10H,4-7H2,1H3,(H,16,19)(H,15,17,20). The number of piperidine rings is 1. The normalized spacial score (nSPS) is 16.8. The minimum absolute atomic E-state index is 0.224. The van der Waals surface area contributed by atoms with Gasteiger partial charge in [-0.1, -0.05) is 11.6 Å². The fourth-order valence-corrected chi connectivity index (χ4v) is 3.19. The summed E-state index contributed by atoms with van der Waals surface area (Å²) in [4.78, 5) is 27.5. The number of nitrogens with one attached hydrogen (secondary N) is 2. The van der Waals surface area contributed by atoms with E-state index in [9.17, 15) is 18.0 Å². The molecular formula is C13H17ClN4O4S. The molecule has 1 saturated heterocycles. The number of sulfonamides is 1. The Labute approximate surface area is 139 Å². The molecule has 0 saturated carbocycles. The maximum absolute atomic E-state index is 11.9. The molecule has 2 rings (SSSR count). The Morgan fingerprint density at radius 1 is 1.26 bits per heavy atom. The number of pyridine rings is 1. The average Bonchev–Trinajstić information content (AvgIpc) is 2.49. The van der Waals surface area contributed by atoms with Crippen LogP contribution in [-0.4, -0.2) is 54.9 Å². The molecule has 2 heterocycles. The third-order valence-corrected chi connectivity index (χ3v) is 4.96. The van der Waals surface area contributed by atoms with Crippen molar-refractivity contribution in [3.8, 4) is 0 Å². The van der Waals surface area contributed by atoms with Gasteiger partial charge >= 0.3 is 11.8 Å². The summed E-state index contributed by atoms with van der Waals surface area (Å²) < 4.78 is 24.2. The molecule has 0 radical (unpaired) electrons. The van der Waals surface area contributed by atoms with Crippen molar-refractivity contribution >= 4 is 39.3 Å². The van der Waals surface area contributed by atoms with Crippen LogP contribution in [-0.2, 0) is 19.6 Å². The van der Waals surface area contributed by atoms with Crippen molar-refractivity contribution in [2.45, 2.75) is 18.9 Å². The van der Waals surface area contributed by atoms with E-state index in [0.29, 0.717) is 31.0 Å². The second-order valence-electron chi connectivity index (χ2n) is 5.23. The topological polar surface area (TPSA) is 108 Å². The SMILES string of the molecule is CS(=O)(=O)N1CCC(NC(=O)C(=O)Nc2ccc(Cl)cn2)CC1. The summed E-state index contributed by atoms with van der Waals surface area (Å²) in [5, 5.41) is 5.38. The van der Waals surface area contributed by atoms with Crippen LogP contribution < -0.4 is 10.6 Å². The minimum Gasteiger partial charge on any atom is -0.345 e. The number of hydrogen-bond acceptors (Lipinski definition) is 5. The Hall–Kier alpha value is -1.71. The zero-order valence-corrected chi connectivity index (χ0v) is 14.0. The Balaban J connectivity index is 1.83. The Kier molecular flexibility index (Phi) is 5.55. The number of carbonyl (C=O) groups excluding carboxylic acids is 2. The lowest BCUT2D eigenvalue weighted by atomic mass is 10.1. The third-order valence-electron chi connectivity index (χ3n) is 3.43. The van der Waals surface area contributed by atoms with Gasteiger partial charge in [0.15, 0.2) is 0 Å². The summed E-state index contributed by atoms with van der Waals surface area (Å²) in [7, 11) is -3.22. The molecule has 1 fully saturated rings. The van der Waals surface area contributed by atoms with Gasteiger partial charge in [0, 0.05) is 25.3 Å². The molecule has 0 unspecified atom stereocenters. The number of halogens is 1. The minimum atomic E-state index is -3.22. The highest BCUT2D eigenvalue weighted by Gasteiger charge is 2.27. The summed E-state index contributed by atoms with van der Waals surface area (Å²) in [5.74, 6) is -1.38. The quantitative estimate of drug-likeness (QED) is 0.749. The Bertz CT molecular complexity index is 684. The number of carbonyl (C=O) groups is 2. The summed E-state index contributed by atoms with van der Waals surface area (Å²) in [6, 6.07) is 2.80.